The summed E-state index contributed by atoms with van der Waals surface area (Å²) in [6.45, 7) is 2.31. The Morgan fingerprint density at radius 2 is 1.70 bits per heavy atom. The fourth-order valence-electron chi connectivity index (χ4n) is 4.26. The molecule has 3 heterocycles. The van der Waals surface area contributed by atoms with Crippen molar-refractivity contribution in [2.24, 2.45) is 0 Å². The first-order valence-corrected chi connectivity index (χ1v) is 8.64. The van der Waals surface area contributed by atoms with Crippen LogP contribution in [0.4, 0.5) is 0 Å². The van der Waals surface area contributed by atoms with E-state index in [2.05, 4.69) is 5.32 Å². The van der Waals surface area contributed by atoms with Crippen molar-refractivity contribution < 1.29 is 9.59 Å². The van der Waals surface area contributed by atoms with Gasteiger partial charge in [-0.25, -0.2) is 0 Å². The molecule has 1 aromatic carbocycles. The Kier molecular flexibility index (Phi) is 3.81. The van der Waals surface area contributed by atoms with E-state index in [-0.39, 0.29) is 29.9 Å². The largest absolute Gasteiger partial charge is 0.337 e. The molecule has 5 nitrogen and oxygen atoms in total. The van der Waals surface area contributed by atoms with E-state index in [1.807, 2.05) is 40.1 Å². The van der Waals surface area contributed by atoms with E-state index in [0.29, 0.717) is 13.1 Å². The Morgan fingerprint density at radius 1 is 1.00 bits per heavy atom. The highest BCUT2D eigenvalue weighted by Gasteiger charge is 2.44. The number of nitrogens with one attached hydrogen (secondary N) is 1. The van der Waals surface area contributed by atoms with Crippen molar-refractivity contribution in [1.82, 2.24) is 15.1 Å². The number of fused-ring (bicyclic) bond motifs is 2. The predicted molar refractivity (Wildman–Crippen MR) is 87.0 cm³/mol. The fourth-order valence-corrected chi connectivity index (χ4v) is 4.26. The first-order valence-electron chi connectivity index (χ1n) is 8.64. The van der Waals surface area contributed by atoms with Crippen LogP contribution in [0.15, 0.2) is 30.3 Å². The lowest BCUT2D eigenvalue weighted by Gasteiger charge is -2.42. The van der Waals surface area contributed by atoms with Crippen LogP contribution in [0.2, 0.25) is 0 Å². The summed E-state index contributed by atoms with van der Waals surface area (Å²) < 4.78 is 0. The molecule has 2 amide bonds. The molecule has 122 valence electrons. The maximum atomic E-state index is 12.8. The molecule has 2 bridgehead atoms. The average molecular weight is 313 g/mol. The van der Waals surface area contributed by atoms with Crippen LogP contribution in [0, 0.1) is 0 Å². The van der Waals surface area contributed by atoms with Gasteiger partial charge >= 0.3 is 0 Å². The van der Waals surface area contributed by atoms with Crippen LogP contribution < -0.4 is 5.32 Å². The van der Waals surface area contributed by atoms with Gasteiger partial charge in [0.2, 0.25) is 5.91 Å². The number of amides is 2. The average Bonchev–Trinajstić information content (AvgIpc) is 3.21. The summed E-state index contributed by atoms with van der Waals surface area (Å²) in [6, 6.07) is 9.82. The lowest BCUT2D eigenvalue weighted by Crippen LogP contribution is -2.59. The van der Waals surface area contributed by atoms with E-state index in [4.69, 9.17) is 0 Å². The van der Waals surface area contributed by atoms with Crippen LogP contribution in [-0.2, 0) is 4.79 Å². The lowest BCUT2D eigenvalue weighted by molar-refractivity contribution is -0.136. The number of likely N-dealkylation sites (tertiary alicyclic amines) is 1. The van der Waals surface area contributed by atoms with Crippen molar-refractivity contribution >= 4 is 11.8 Å². The zero-order chi connectivity index (χ0) is 15.8. The van der Waals surface area contributed by atoms with Crippen molar-refractivity contribution in [3.63, 3.8) is 0 Å². The van der Waals surface area contributed by atoms with Crippen LogP contribution in [0.1, 0.15) is 36.0 Å². The van der Waals surface area contributed by atoms with Crippen LogP contribution in [0.3, 0.4) is 0 Å². The van der Waals surface area contributed by atoms with E-state index in [0.717, 1.165) is 37.8 Å². The molecular weight excluding hydrogens is 290 g/mol. The smallest absolute Gasteiger partial charge is 0.254 e. The number of carbonyl (C=O) groups excluding carboxylic acids is 2. The van der Waals surface area contributed by atoms with E-state index < -0.39 is 0 Å². The monoisotopic (exact) mass is 313 g/mol. The number of rotatable bonds is 2. The zero-order valence-corrected chi connectivity index (χ0v) is 13.3. The highest BCUT2D eigenvalue weighted by molar-refractivity contribution is 5.95. The third-order valence-corrected chi connectivity index (χ3v) is 5.41. The number of carbonyl (C=O) groups is 2. The Labute approximate surface area is 136 Å². The zero-order valence-electron chi connectivity index (χ0n) is 13.3. The number of piperazine rings is 1. The van der Waals surface area contributed by atoms with Crippen LogP contribution in [0.5, 0.6) is 0 Å². The molecule has 0 radical (unpaired) electrons. The molecule has 1 N–H and O–H groups in total. The standard InChI is InChI=1S/C18H23N3O2/c22-17(13-5-2-1-3-6-13)21-14-8-9-15(21)12-20(11-14)18(23)16-7-4-10-19-16/h1-3,5-6,14-16,19H,4,7-12H2/t14?,15?,16-/m0/s1. The molecule has 3 aliphatic rings. The van der Waals surface area contributed by atoms with Crippen molar-refractivity contribution in [2.75, 3.05) is 19.6 Å². The fraction of sp³-hybridized carbons (Fsp3) is 0.556. The third-order valence-electron chi connectivity index (χ3n) is 5.41. The van der Waals surface area contributed by atoms with Crippen molar-refractivity contribution in [3.8, 4) is 0 Å². The van der Waals surface area contributed by atoms with Gasteiger partial charge in [0.1, 0.15) is 0 Å². The predicted octanol–water partition coefficient (Wildman–Crippen LogP) is 1.25. The highest BCUT2D eigenvalue weighted by atomic mass is 16.2. The molecule has 3 atom stereocenters. The van der Waals surface area contributed by atoms with Gasteiger partial charge in [0, 0.05) is 18.7 Å². The minimum atomic E-state index is -0.00854. The lowest BCUT2D eigenvalue weighted by atomic mass is 10.1. The van der Waals surface area contributed by atoms with Crippen molar-refractivity contribution in [2.45, 2.75) is 43.8 Å². The van der Waals surface area contributed by atoms with E-state index in [1.54, 1.807) is 0 Å². The first kappa shape index (κ1) is 14.7. The second-order valence-electron chi connectivity index (χ2n) is 6.86. The van der Waals surface area contributed by atoms with Gasteiger partial charge in [-0.05, 0) is 44.4 Å². The molecule has 1 aromatic rings. The Balaban J connectivity index is 1.48. The molecule has 3 aliphatic heterocycles. The molecule has 5 heteroatoms. The SMILES string of the molecule is O=C([C@@H]1CCCN1)N1CC2CCC(C1)N2C(=O)c1ccccc1. The van der Waals surface area contributed by atoms with Gasteiger partial charge in [-0.1, -0.05) is 18.2 Å². The summed E-state index contributed by atoms with van der Waals surface area (Å²) in [5.74, 6) is 0.343. The quantitative estimate of drug-likeness (QED) is 0.894. The van der Waals surface area contributed by atoms with Gasteiger partial charge in [-0.2, -0.15) is 0 Å². The summed E-state index contributed by atoms with van der Waals surface area (Å²) in [5.41, 5.74) is 0.752. The number of hydrogen-bond donors (Lipinski definition) is 1. The first-order chi connectivity index (χ1) is 11.2. The molecule has 4 rings (SSSR count). The van der Waals surface area contributed by atoms with Gasteiger partial charge < -0.3 is 15.1 Å². The number of benzene rings is 1. The maximum Gasteiger partial charge on any atom is 0.254 e. The second-order valence-corrected chi connectivity index (χ2v) is 6.86. The van der Waals surface area contributed by atoms with Gasteiger partial charge in [-0.15, -0.1) is 0 Å². The number of hydrogen-bond acceptors (Lipinski definition) is 3. The van der Waals surface area contributed by atoms with E-state index in [1.165, 1.54) is 0 Å². The maximum absolute atomic E-state index is 12.8. The van der Waals surface area contributed by atoms with Crippen molar-refractivity contribution in [1.29, 1.82) is 0 Å². The molecule has 0 aliphatic carbocycles. The normalized spacial score (nSPS) is 29.8. The molecule has 0 saturated carbocycles. The highest BCUT2D eigenvalue weighted by Crippen LogP contribution is 2.32. The minimum Gasteiger partial charge on any atom is -0.337 e. The Morgan fingerprint density at radius 3 is 2.30 bits per heavy atom. The minimum absolute atomic E-state index is 0.00854. The molecule has 0 spiro atoms. The van der Waals surface area contributed by atoms with Gasteiger partial charge in [0.25, 0.3) is 5.91 Å². The second kappa shape index (κ2) is 5.96. The molecule has 3 fully saturated rings. The molecular formula is C18H23N3O2. The summed E-state index contributed by atoms with van der Waals surface area (Å²) in [6.07, 6.45) is 4.03. The van der Waals surface area contributed by atoms with Gasteiger partial charge in [0.15, 0.2) is 0 Å². The van der Waals surface area contributed by atoms with Crippen LogP contribution in [-0.4, -0.2) is 59.4 Å². The van der Waals surface area contributed by atoms with Crippen LogP contribution >= 0.6 is 0 Å². The molecule has 2 unspecified atom stereocenters. The number of nitrogens with zero attached hydrogens (tertiary/aromatic N) is 2. The van der Waals surface area contributed by atoms with Crippen LogP contribution in [0.25, 0.3) is 0 Å². The van der Waals surface area contributed by atoms with E-state index in [9.17, 15) is 9.59 Å². The third kappa shape index (κ3) is 2.63. The van der Waals surface area contributed by atoms with E-state index >= 15 is 0 Å². The molecule has 0 aromatic heterocycles. The van der Waals surface area contributed by atoms with Crippen molar-refractivity contribution in [3.05, 3.63) is 35.9 Å². The molecule has 23 heavy (non-hydrogen) atoms. The molecule has 3 saturated heterocycles. The summed E-state index contributed by atoms with van der Waals surface area (Å²) in [5, 5.41) is 3.29. The Hall–Kier alpha value is -1.88. The van der Waals surface area contributed by atoms with Gasteiger partial charge in [-0.3, -0.25) is 9.59 Å². The summed E-state index contributed by atoms with van der Waals surface area (Å²) >= 11 is 0. The Bertz CT molecular complexity index is 584. The summed E-state index contributed by atoms with van der Waals surface area (Å²) in [4.78, 5) is 29.4. The van der Waals surface area contributed by atoms with Gasteiger partial charge in [0.05, 0.1) is 18.1 Å². The topological polar surface area (TPSA) is 52.7 Å². The summed E-state index contributed by atoms with van der Waals surface area (Å²) in [7, 11) is 0.